The van der Waals surface area contributed by atoms with Gasteiger partial charge >= 0.3 is 6.09 Å². The van der Waals surface area contributed by atoms with Crippen LogP contribution in [0.3, 0.4) is 0 Å². The number of halogens is 1. The summed E-state index contributed by atoms with van der Waals surface area (Å²) in [6, 6.07) is 12.7. The average molecular weight is 645 g/mol. The minimum Gasteiger partial charge on any atom is -0.453 e. The second-order valence-electron chi connectivity index (χ2n) is 12.7. The molecule has 0 spiro atoms. The maximum absolute atomic E-state index is 15.4. The van der Waals surface area contributed by atoms with Gasteiger partial charge in [-0.1, -0.05) is 18.2 Å². The molecule has 0 bridgehead atoms. The minimum absolute atomic E-state index is 0.0295. The number of ether oxygens (including phenoxy) is 2. The van der Waals surface area contributed by atoms with Crippen LogP contribution in [0.4, 0.5) is 9.18 Å². The number of hydrogen-bond acceptors (Lipinski definition) is 7. The number of aromatic nitrogens is 2. The van der Waals surface area contributed by atoms with Gasteiger partial charge in [0, 0.05) is 64.1 Å². The number of aromatic amines is 1. The number of aryl methyl sites for hydroxylation is 1. The molecule has 11 nitrogen and oxygen atoms in total. The first-order valence-corrected chi connectivity index (χ1v) is 15.6. The van der Waals surface area contributed by atoms with Crippen LogP contribution in [-0.2, 0) is 22.5 Å². The Hall–Kier alpha value is -4.97. The van der Waals surface area contributed by atoms with E-state index >= 15 is 4.39 Å². The molecule has 12 heteroatoms. The van der Waals surface area contributed by atoms with Crippen LogP contribution in [0.2, 0.25) is 0 Å². The largest absolute Gasteiger partial charge is 0.453 e. The zero-order valence-electron chi connectivity index (χ0n) is 27.4. The van der Waals surface area contributed by atoms with Crippen LogP contribution in [-0.4, -0.2) is 82.5 Å². The molecule has 3 amide bonds. The molecule has 47 heavy (non-hydrogen) atoms. The van der Waals surface area contributed by atoms with E-state index < -0.39 is 23.6 Å². The SMILES string of the molecule is CNC(=O)c1cccc(CN2CCN(C(=O)[C@H](Cc3ccc(Oc4ccnc5[nH]cc(C)c45)c(F)c3)NC(=O)OC(C)(C)C)CC2)c1. The molecule has 0 saturated carbocycles. The predicted molar refractivity (Wildman–Crippen MR) is 176 cm³/mol. The third kappa shape index (κ3) is 8.44. The summed E-state index contributed by atoms with van der Waals surface area (Å²) in [5, 5.41) is 6.13. The summed E-state index contributed by atoms with van der Waals surface area (Å²) < 4.78 is 26.8. The first-order chi connectivity index (χ1) is 22.4. The summed E-state index contributed by atoms with van der Waals surface area (Å²) in [5.41, 5.74) is 2.90. The van der Waals surface area contributed by atoms with Crippen molar-refractivity contribution in [1.82, 2.24) is 30.4 Å². The molecular formula is C35H41FN6O5. The lowest BCUT2D eigenvalue weighted by molar-refractivity contribution is -0.135. The number of fused-ring (bicyclic) bond motifs is 1. The highest BCUT2D eigenvalue weighted by molar-refractivity contribution is 5.94. The van der Waals surface area contributed by atoms with Crippen molar-refractivity contribution in [3.05, 3.63) is 89.0 Å². The number of rotatable bonds is 9. The first kappa shape index (κ1) is 33.4. The second kappa shape index (κ2) is 14.2. The molecular weight excluding hydrogens is 603 g/mol. The quantitative estimate of drug-likeness (QED) is 0.235. The fourth-order valence-electron chi connectivity index (χ4n) is 5.59. The van der Waals surface area contributed by atoms with Crippen LogP contribution in [0, 0.1) is 12.7 Å². The molecule has 1 fully saturated rings. The smallest absolute Gasteiger partial charge is 0.408 e. The van der Waals surface area contributed by atoms with Crippen LogP contribution < -0.4 is 15.4 Å². The van der Waals surface area contributed by atoms with Crippen molar-refractivity contribution in [2.75, 3.05) is 33.2 Å². The van der Waals surface area contributed by atoms with E-state index in [2.05, 4.69) is 25.5 Å². The zero-order valence-corrected chi connectivity index (χ0v) is 27.4. The molecule has 1 atom stereocenters. The number of benzene rings is 2. The Morgan fingerprint density at radius 1 is 1.02 bits per heavy atom. The molecule has 0 radical (unpaired) electrons. The second-order valence-corrected chi connectivity index (χ2v) is 12.7. The predicted octanol–water partition coefficient (Wildman–Crippen LogP) is 4.94. The Morgan fingerprint density at radius 3 is 2.49 bits per heavy atom. The molecule has 248 valence electrons. The Bertz CT molecular complexity index is 1760. The van der Waals surface area contributed by atoms with Crippen molar-refractivity contribution in [2.45, 2.75) is 52.3 Å². The number of carbonyl (C=O) groups excluding carboxylic acids is 3. The van der Waals surface area contributed by atoms with Crippen LogP contribution in [0.1, 0.15) is 47.8 Å². The third-order valence-electron chi connectivity index (χ3n) is 7.88. The van der Waals surface area contributed by atoms with Crippen LogP contribution in [0.5, 0.6) is 11.5 Å². The number of amides is 3. The lowest BCUT2D eigenvalue weighted by Crippen LogP contribution is -2.55. The molecule has 1 saturated heterocycles. The monoisotopic (exact) mass is 644 g/mol. The van der Waals surface area contributed by atoms with Gasteiger partial charge in [0.2, 0.25) is 5.91 Å². The Kier molecular flexibility index (Phi) is 10.1. The van der Waals surface area contributed by atoms with Gasteiger partial charge in [0.15, 0.2) is 11.6 Å². The molecule has 0 aliphatic carbocycles. The number of hydrogen-bond donors (Lipinski definition) is 3. The summed E-state index contributed by atoms with van der Waals surface area (Å²) in [5.74, 6) is -0.520. The number of nitrogens with one attached hydrogen (secondary N) is 3. The van der Waals surface area contributed by atoms with Gasteiger partial charge in [0.25, 0.3) is 5.91 Å². The minimum atomic E-state index is -0.978. The van der Waals surface area contributed by atoms with Crippen LogP contribution in [0.25, 0.3) is 11.0 Å². The number of nitrogens with zero attached hydrogens (tertiary/aromatic N) is 3. The molecule has 5 rings (SSSR count). The van der Waals surface area contributed by atoms with Gasteiger partial charge in [-0.05, 0) is 74.7 Å². The van der Waals surface area contributed by atoms with E-state index in [1.54, 1.807) is 57.1 Å². The highest BCUT2D eigenvalue weighted by Crippen LogP contribution is 2.32. The van der Waals surface area contributed by atoms with Gasteiger partial charge in [0.1, 0.15) is 23.0 Å². The van der Waals surface area contributed by atoms with E-state index in [0.717, 1.165) is 16.5 Å². The molecule has 1 aliphatic heterocycles. The van der Waals surface area contributed by atoms with E-state index in [1.807, 2.05) is 31.3 Å². The average Bonchev–Trinajstić information content (AvgIpc) is 3.42. The number of carbonyl (C=O) groups is 3. The Balaban J connectivity index is 1.27. The van der Waals surface area contributed by atoms with E-state index in [1.165, 1.54) is 12.1 Å². The van der Waals surface area contributed by atoms with Gasteiger partial charge in [0.05, 0.1) is 5.39 Å². The maximum atomic E-state index is 15.4. The zero-order chi connectivity index (χ0) is 33.7. The van der Waals surface area contributed by atoms with Gasteiger partial charge < -0.3 is 30.0 Å². The lowest BCUT2D eigenvalue weighted by Gasteiger charge is -2.36. The van der Waals surface area contributed by atoms with Crippen molar-refractivity contribution in [2.24, 2.45) is 0 Å². The summed E-state index contributed by atoms with van der Waals surface area (Å²) >= 11 is 0. The number of alkyl carbamates (subject to hydrolysis) is 1. The number of pyridine rings is 1. The van der Waals surface area contributed by atoms with E-state index in [9.17, 15) is 14.4 Å². The van der Waals surface area contributed by atoms with Crippen molar-refractivity contribution < 1.29 is 28.2 Å². The molecule has 3 heterocycles. The summed E-state index contributed by atoms with van der Waals surface area (Å²) in [6.45, 7) is 9.88. The lowest BCUT2D eigenvalue weighted by atomic mass is 10.0. The molecule has 0 unspecified atom stereocenters. The number of piperazine rings is 1. The van der Waals surface area contributed by atoms with Crippen molar-refractivity contribution in [3.8, 4) is 11.5 Å². The molecule has 4 aromatic rings. The summed E-state index contributed by atoms with van der Waals surface area (Å²) in [7, 11) is 1.60. The van der Waals surface area contributed by atoms with Gasteiger partial charge in [-0.25, -0.2) is 14.2 Å². The maximum Gasteiger partial charge on any atom is 0.408 e. The molecule has 2 aromatic heterocycles. The van der Waals surface area contributed by atoms with Crippen molar-refractivity contribution in [1.29, 1.82) is 0 Å². The fourth-order valence-corrected chi connectivity index (χ4v) is 5.59. The normalized spacial score (nSPS) is 14.5. The Labute approximate surface area is 273 Å². The number of H-pyrrole nitrogens is 1. The first-order valence-electron chi connectivity index (χ1n) is 15.6. The van der Waals surface area contributed by atoms with Crippen LogP contribution in [0.15, 0.2) is 60.9 Å². The van der Waals surface area contributed by atoms with Gasteiger partial charge in [-0.3, -0.25) is 14.5 Å². The van der Waals surface area contributed by atoms with Gasteiger partial charge in [-0.15, -0.1) is 0 Å². The topological polar surface area (TPSA) is 129 Å². The Morgan fingerprint density at radius 2 is 1.79 bits per heavy atom. The highest BCUT2D eigenvalue weighted by atomic mass is 19.1. The van der Waals surface area contributed by atoms with Crippen LogP contribution >= 0.6 is 0 Å². The van der Waals surface area contributed by atoms with Crippen molar-refractivity contribution >= 4 is 28.9 Å². The standard InChI is InChI=1S/C35H41FN6O5/c1-22-20-39-31-30(22)29(11-12-38-31)46-28-10-9-23(18-26(28)36)19-27(40-34(45)47-35(2,3)4)33(44)42-15-13-41(14-16-42)21-24-7-6-8-25(17-24)32(43)37-5/h6-12,17-18,20,27H,13-16,19,21H2,1-5H3,(H,37,43)(H,38,39)(H,40,45)/t27-/m0/s1. The fraction of sp³-hybridized carbons (Fsp3) is 0.371. The van der Waals surface area contributed by atoms with Crippen molar-refractivity contribution in [3.63, 3.8) is 0 Å². The molecule has 3 N–H and O–H groups in total. The molecule has 1 aliphatic rings. The van der Waals surface area contributed by atoms with E-state index in [0.29, 0.717) is 55.2 Å². The summed E-state index contributed by atoms with van der Waals surface area (Å²) in [4.78, 5) is 49.9. The summed E-state index contributed by atoms with van der Waals surface area (Å²) in [6.07, 6.45) is 2.72. The van der Waals surface area contributed by atoms with E-state index in [4.69, 9.17) is 9.47 Å². The van der Waals surface area contributed by atoms with Gasteiger partial charge in [-0.2, -0.15) is 0 Å². The molecule has 2 aromatic carbocycles. The van der Waals surface area contributed by atoms with E-state index in [-0.39, 0.29) is 24.0 Å². The third-order valence-corrected chi connectivity index (χ3v) is 7.88. The highest BCUT2D eigenvalue weighted by Gasteiger charge is 2.31.